The number of benzene rings is 2. The molecule has 1 unspecified atom stereocenters. The Balaban J connectivity index is 2.15. The molecule has 2 nitrogen and oxygen atoms in total. The lowest BCUT2D eigenvalue weighted by atomic mass is 10.1. The smallest absolute Gasteiger partial charge is 0.203 e. The molecular formula is C15H11ClF2O2. The summed E-state index contributed by atoms with van der Waals surface area (Å²) in [7, 11) is 0. The molecule has 0 heterocycles. The number of hydrogen-bond donors (Lipinski definition) is 0. The van der Waals surface area contributed by atoms with E-state index in [0.29, 0.717) is 16.7 Å². The summed E-state index contributed by atoms with van der Waals surface area (Å²) >= 11 is 5.80. The van der Waals surface area contributed by atoms with Gasteiger partial charge in [-0.05, 0) is 31.2 Å². The fraction of sp³-hybridized carbons (Fsp3) is 0.133. The highest BCUT2D eigenvalue weighted by molar-refractivity contribution is 6.31. The van der Waals surface area contributed by atoms with E-state index in [9.17, 15) is 13.6 Å². The van der Waals surface area contributed by atoms with Crippen LogP contribution in [0.3, 0.4) is 0 Å². The van der Waals surface area contributed by atoms with Crippen molar-refractivity contribution in [3.05, 3.63) is 64.7 Å². The van der Waals surface area contributed by atoms with Gasteiger partial charge in [-0.3, -0.25) is 4.79 Å². The van der Waals surface area contributed by atoms with Gasteiger partial charge in [-0.15, -0.1) is 0 Å². The summed E-state index contributed by atoms with van der Waals surface area (Å²) in [6.45, 7) is 1.49. The molecule has 2 aromatic carbocycles. The minimum absolute atomic E-state index is 0.172. The molecule has 0 N–H and O–H groups in total. The third kappa shape index (κ3) is 3.33. The number of ketones is 1. The second-order valence-corrected chi connectivity index (χ2v) is 4.65. The maximum absolute atomic E-state index is 13.4. The van der Waals surface area contributed by atoms with E-state index in [-0.39, 0.29) is 11.5 Å². The zero-order chi connectivity index (χ0) is 14.7. The Morgan fingerprint density at radius 3 is 2.60 bits per heavy atom. The lowest BCUT2D eigenvalue weighted by Crippen LogP contribution is -2.24. The van der Waals surface area contributed by atoms with Gasteiger partial charge in [-0.1, -0.05) is 23.7 Å². The Labute approximate surface area is 119 Å². The van der Waals surface area contributed by atoms with Crippen LogP contribution in [0.4, 0.5) is 8.78 Å². The van der Waals surface area contributed by atoms with Crippen LogP contribution in [0.2, 0.25) is 5.02 Å². The molecule has 0 aliphatic carbocycles. The summed E-state index contributed by atoms with van der Waals surface area (Å²) < 4.78 is 31.4. The van der Waals surface area contributed by atoms with Crippen LogP contribution >= 0.6 is 11.6 Å². The van der Waals surface area contributed by atoms with Gasteiger partial charge < -0.3 is 4.74 Å². The minimum atomic E-state index is -0.909. The van der Waals surface area contributed by atoms with Gasteiger partial charge in [0.2, 0.25) is 5.78 Å². The van der Waals surface area contributed by atoms with Gasteiger partial charge in [-0.2, -0.15) is 0 Å². The predicted octanol–water partition coefficient (Wildman–Crippen LogP) is 4.27. The first kappa shape index (κ1) is 14.5. The summed E-state index contributed by atoms with van der Waals surface area (Å²) in [5.74, 6) is -2.06. The average molecular weight is 297 g/mol. The molecular weight excluding hydrogens is 286 g/mol. The van der Waals surface area contributed by atoms with Gasteiger partial charge >= 0.3 is 0 Å². The lowest BCUT2D eigenvalue weighted by Gasteiger charge is -2.14. The van der Waals surface area contributed by atoms with Crippen LogP contribution in [0.1, 0.15) is 17.3 Å². The zero-order valence-corrected chi connectivity index (χ0v) is 11.3. The standard InChI is InChI=1S/C15H11ClF2O2/c1-9(15(19)10-3-2-4-11(16)7-10)20-14-6-5-12(17)8-13(14)18/h2-9H,1H3. The molecule has 20 heavy (non-hydrogen) atoms. The molecule has 0 aliphatic rings. The molecule has 2 aromatic rings. The number of halogens is 3. The quantitative estimate of drug-likeness (QED) is 0.788. The summed E-state index contributed by atoms with van der Waals surface area (Å²) in [6.07, 6.45) is -0.909. The van der Waals surface area contributed by atoms with Crippen LogP contribution < -0.4 is 4.74 Å². The van der Waals surface area contributed by atoms with E-state index in [1.54, 1.807) is 18.2 Å². The van der Waals surface area contributed by atoms with Crippen molar-refractivity contribution in [3.8, 4) is 5.75 Å². The normalized spacial score (nSPS) is 12.0. The third-order valence-electron chi connectivity index (χ3n) is 2.68. The SMILES string of the molecule is CC(Oc1ccc(F)cc1F)C(=O)c1cccc(Cl)c1. The molecule has 104 valence electrons. The third-order valence-corrected chi connectivity index (χ3v) is 2.91. The van der Waals surface area contributed by atoms with Crippen molar-refractivity contribution >= 4 is 17.4 Å². The first-order chi connectivity index (χ1) is 9.47. The van der Waals surface area contributed by atoms with E-state index in [2.05, 4.69) is 0 Å². The van der Waals surface area contributed by atoms with Gasteiger partial charge in [0.15, 0.2) is 17.7 Å². The number of rotatable bonds is 4. The highest BCUT2D eigenvalue weighted by atomic mass is 35.5. The Kier molecular flexibility index (Phi) is 4.35. The number of ether oxygens (including phenoxy) is 1. The molecule has 5 heteroatoms. The molecule has 0 saturated heterocycles. The molecule has 0 spiro atoms. The van der Waals surface area contributed by atoms with E-state index < -0.39 is 17.7 Å². The van der Waals surface area contributed by atoms with E-state index in [4.69, 9.17) is 16.3 Å². The van der Waals surface area contributed by atoms with E-state index in [0.717, 1.165) is 12.1 Å². The molecule has 0 saturated carbocycles. The van der Waals surface area contributed by atoms with Crippen molar-refractivity contribution in [2.24, 2.45) is 0 Å². The summed E-state index contributed by atoms with van der Waals surface area (Å²) in [6, 6.07) is 9.29. The van der Waals surface area contributed by atoms with Crippen molar-refractivity contribution in [1.82, 2.24) is 0 Å². The van der Waals surface area contributed by atoms with Crippen LogP contribution in [-0.4, -0.2) is 11.9 Å². The fourth-order valence-corrected chi connectivity index (χ4v) is 1.88. The van der Waals surface area contributed by atoms with E-state index >= 15 is 0 Å². The summed E-state index contributed by atoms with van der Waals surface area (Å²) in [5.41, 5.74) is 0.368. The van der Waals surface area contributed by atoms with Crippen LogP contribution in [-0.2, 0) is 0 Å². The van der Waals surface area contributed by atoms with Gasteiger partial charge in [0, 0.05) is 16.7 Å². The second kappa shape index (κ2) is 6.01. The maximum atomic E-state index is 13.4. The Bertz CT molecular complexity index is 644. The summed E-state index contributed by atoms with van der Waals surface area (Å²) in [4.78, 5) is 12.1. The van der Waals surface area contributed by atoms with Crippen molar-refractivity contribution in [1.29, 1.82) is 0 Å². The fourth-order valence-electron chi connectivity index (χ4n) is 1.69. The van der Waals surface area contributed by atoms with E-state index in [1.165, 1.54) is 13.0 Å². The van der Waals surface area contributed by atoms with E-state index in [1.807, 2.05) is 0 Å². The van der Waals surface area contributed by atoms with Gasteiger partial charge in [0.1, 0.15) is 5.82 Å². The monoisotopic (exact) mass is 296 g/mol. The highest BCUT2D eigenvalue weighted by Gasteiger charge is 2.18. The second-order valence-electron chi connectivity index (χ2n) is 4.21. The average Bonchev–Trinajstić information content (AvgIpc) is 2.41. The summed E-state index contributed by atoms with van der Waals surface area (Å²) in [5, 5.41) is 0.427. The number of carbonyl (C=O) groups excluding carboxylic acids is 1. The largest absolute Gasteiger partial charge is 0.479 e. The van der Waals surface area contributed by atoms with Crippen molar-refractivity contribution in [2.75, 3.05) is 0 Å². The Morgan fingerprint density at radius 2 is 1.95 bits per heavy atom. The molecule has 0 bridgehead atoms. The van der Waals surface area contributed by atoms with Crippen LogP contribution in [0.5, 0.6) is 5.75 Å². The van der Waals surface area contributed by atoms with Gasteiger partial charge in [0.25, 0.3) is 0 Å². The Hall–Kier alpha value is -1.94. The molecule has 2 rings (SSSR count). The Morgan fingerprint density at radius 1 is 1.20 bits per heavy atom. The molecule has 0 amide bonds. The number of carbonyl (C=O) groups is 1. The highest BCUT2D eigenvalue weighted by Crippen LogP contribution is 2.20. The molecule has 0 fully saturated rings. The maximum Gasteiger partial charge on any atom is 0.203 e. The zero-order valence-electron chi connectivity index (χ0n) is 10.6. The first-order valence-corrected chi connectivity index (χ1v) is 6.26. The van der Waals surface area contributed by atoms with Crippen LogP contribution in [0.25, 0.3) is 0 Å². The van der Waals surface area contributed by atoms with Crippen molar-refractivity contribution in [3.63, 3.8) is 0 Å². The topological polar surface area (TPSA) is 26.3 Å². The predicted molar refractivity (Wildman–Crippen MR) is 72.2 cm³/mol. The molecule has 0 aliphatic heterocycles. The number of Topliss-reactive ketones (excluding diaryl/α,β-unsaturated/α-hetero) is 1. The minimum Gasteiger partial charge on any atom is -0.479 e. The molecule has 0 aromatic heterocycles. The lowest BCUT2D eigenvalue weighted by molar-refractivity contribution is 0.0812. The van der Waals surface area contributed by atoms with Crippen LogP contribution in [0, 0.1) is 11.6 Å². The van der Waals surface area contributed by atoms with Gasteiger partial charge in [-0.25, -0.2) is 8.78 Å². The van der Waals surface area contributed by atoms with Gasteiger partial charge in [0.05, 0.1) is 0 Å². The molecule has 1 atom stereocenters. The first-order valence-electron chi connectivity index (χ1n) is 5.89. The molecule has 0 radical (unpaired) electrons. The number of hydrogen-bond acceptors (Lipinski definition) is 2. The van der Waals surface area contributed by atoms with Crippen molar-refractivity contribution < 1.29 is 18.3 Å². The van der Waals surface area contributed by atoms with Crippen molar-refractivity contribution in [2.45, 2.75) is 13.0 Å². The van der Waals surface area contributed by atoms with Crippen LogP contribution in [0.15, 0.2) is 42.5 Å².